The van der Waals surface area contributed by atoms with Crippen LogP contribution in [0.4, 0.5) is 0 Å². The fourth-order valence-electron chi connectivity index (χ4n) is 0.312. The normalized spacial score (nSPS) is 14.5. The van der Waals surface area contributed by atoms with Gasteiger partial charge in [-0.3, -0.25) is 0 Å². The summed E-state index contributed by atoms with van der Waals surface area (Å²) in [7, 11) is 0. The first-order chi connectivity index (χ1) is 4.97. The second kappa shape index (κ2) is 8.41. The third-order valence-corrected chi connectivity index (χ3v) is 0.766. The monoisotopic (exact) mass is 202 g/mol. The van der Waals surface area contributed by atoms with Gasteiger partial charge in [0.05, 0.1) is 0 Å². The average Bonchev–Trinajstić information content (AvgIpc) is 1.87. The summed E-state index contributed by atoms with van der Waals surface area (Å²) < 4.78 is 15.8. The number of nitrogens with zero attached hydrogens (tertiary/aromatic N) is 1. The molecule has 0 saturated heterocycles. The molecule has 0 aliphatic heterocycles. The van der Waals surface area contributed by atoms with Crippen molar-refractivity contribution in [2.24, 2.45) is 0 Å². The molecule has 67 valence electrons. The molecule has 0 saturated carbocycles. The van der Waals surface area contributed by atoms with Gasteiger partial charge in [0.1, 0.15) is 12.5 Å². The Morgan fingerprint density at radius 2 is 1.45 bits per heavy atom. The molecule has 0 aromatic heterocycles. The Hall–Kier alpha value is 0.314. The number of hydroxylamine groups is 2. The maximum absolute atomic E-state index is 8.61. The molecule has 6 nitrogen and oxygen atoms in total. The Morgan fingerprint density at radius 3 is 1.45 bits per heavy atom. The van der Waals surface area contributed by atoms with Crippen LogP contribution in [-0.4, -0.2) is 36.6 Å². The van der Waals surface area contributed by atoms with Crippen LogP contribution >= 0.6 is 0 Å². The molecule has 2 unspecified atom stereocenters. The molecule has 0 aliphatic rings. The van der Waals surface area contributed by atoms with Gasteiger partial charge in [0.25, 0.3) is 0 Å². The van der Waals surface area contributed by atoms with Gasteiger partial charge in [-0.15, -0.1) is 5.06 Å². The third kappa shape index (κ3) is 10.3. The maximum atomic E-state index is 8.61. The molecule has 2 atom stereocenters. The van der Waals surface area contributed by atoms with Crippen LogP contribution in [0.25, 0.3) is 0 Å². The zero-order valence-corrected chi connectivity index (χ0v) is 7.86. The Labute approximate surface area is 73.8 Å². The Balaban J connectivity index is 0. The Bertz CT molecular complexity index is 90.5. The SMILES string of the molecule is CC(O)N(O)C(C)O.[O]=[Ti][OH]. The molecular weight excluding hydrogens is 190 g/mol. The van der Waals surface area contributed by atoms with Gasteiger partial charge >= 0.3 is 26.5 Å². The van der Waals surface area contributed by atoms with Gasteiger partial charge in [-0.1, -0.05) is 0 Å². The van der Waals surface area contributed by atoms with E-state index in [9.17, 15) is 0 Å². The molecule has 0 aliphatic carbocycles. The molecule has 0 fully saturated rings. The van der Waals surface area contributed by atoms with Gasteiger partial charge in [0, 0.05) is 0 Å². The fourth-order valence-corrected chi connectivity index (χ4v) is 0.312. The van der Waals surface area contributed by atoms with Crippen LogP contribution in [0, 0.1) is 0 Å². The van der Waals surface area contributed by atoms with E-state index >= 15 is 0 Å². The molecule has 0 spiro atoms. The number of hydrogen-bond donors (Lipinski definition) is 4. The van der Waals surface area contributed by atoms with Crippen molar-refractivity contribution in [3.8, 4) is 0 Å². The molecule has 0 aromatic carbocycles. The third-order valence-electron chi connectivity index (χ3n) is 0.766. The van der Waals surface area contributed by atoms with Gasteiger partial charge < -0.3 is 15.4 Å². The fraction of sp³-hybridized carbons (Fsp3) is 1.00. The van der Waals surface area contributed by atoms with E-state index in [0.717, 1.165) is 0 Å². The van der Waals surface area contributed by atoms with Crippen molar-refractivity contribution in [2.75, 3.05) is 0 Å². The molecule has 0 bridgehead atoms. The van der Waals surface area contributed by atoms with Crippen molar-refractivity contribution in [3.63, 3.8) is 0 Å². The summed E-state index contributed by atoms with van der Waals surface area (Å²) >= 11 is -1.75. The van der Waals surface area contributed by atoms with E-state index in [1.807, 2.05) is 0 Å². The topological polar surface area (TPSA) is 101 Å². The van der Waals surface area contributed by atoms with Crippen LogP contribution in [0.3, 0.4) is 0 Å². The van der Waals surface area contributed by atoms with Crippen molar-refractivity contribution < 1.29 is 41.9 Å². The predicted octanol–water partition coefficient (Wildman–Crippen LogP) is -1.32. The Kier molecular flexibility index (Phi) is 10.6. The first kappa shape index (κ1) is 13.9. The summed E-state index contributed by atoms with van der Waals surface area (Å²) in [4.78, 5) is 0. The van der Waals surface area contributed by atoms with Crippen molar-refractivity contribution >= 4 is 0 Å². The number of hydrogen-bond acceptors (Lipinski definition) is 5. The summed E-state index contributed by atoms with van der Waals surface area (Å²) in [5, 5.41) is 26.0. The quantitative estimate of drug-likeness (QED) is 0.251. The van der Waals surface area contributed by atoms with Gasteiger partial charge in [0.15, 0.2) is 0 Å². The van der Waals surface area contributed by atoms with Crippen LogP contribution in [0.2, 0.25) is 0 Å². The summed E-state index contributed by atoms with van der Waals surface area (Å²) in [6, 6.07) is 0. The standard InChI is InChI=1S/C4H11NO3.H2O.O.Ti/c1-3(6)5(8)4(2)7;;;/h3-4,6-8H,1-2H3;1H2;;/q;;;+1/p-1. The minimum absolute atomic E-state index is 0.444. The average molecular weight is 202 g/mol. The van der Waals surface area contributed by atoms with E-state index in [-0.39, 0.29) is 0 Å². The second-order valence-electron chi connectivity index (χ2n) is 1.74. The van der Waals surface area contributed by atoms with Gasteiger partial charge in [0.2, 0.25) is 0 Å². The molecule has 0 amide bonds. The van der Waals surface area contributed by atoms with Gasteiger partial charge in [-0.2, -0.15) is 0 Å². The van der Waals surface area contributed by atoms with E-state index in [1.165, 1.54) is 13.8 Å². The summed E-state index contributed by atoms with van der Waals surface area (Å²) in [6.45, 7) is 2.71. The van der Waals surface area contributed by atoms with Crippen LogP contribution in [0.5, 0.6) is 0 Å². The number of rotatable bonds is 2. The molecule has 0 aromatic rings. The molecular formula is C4H12NO5Ti. The first-order valence-electron chi connectivity index (χ1n) is 2.82. The molecule has 4 N–H and O–H groups in total. The summed E-state index contributed by atoms with van der Waals surface area (Å²) in [6.07, 6.45) is -2.04. The molecule has 11 heavy (non-hydrogen) atoms. The number of aliphatic hydroxyl groups excluding tert-OH is 2. The minimum atomic E-state index is -1.75. The van der Waals surface area contributed by atoms with Crippen LogP contribution in [0.1, 0.15) is 13.8 Å². The summed E-state index contributed by atoms with van der Waals surface area (Å²) in [5.74, 6) is 0. The van der Waals surface area contributed by atoms with E-state index in [2.05, 4.69) is 0 Å². The Morgan fingerprint density at radius 1 is 1.27 bits per heavy atom. The zero-order chi connectivity index (χ0) is 9.44. The molecule has 0 radical (unpaired) electrons. The van der Waals surface area contributed by atoms with Gasteiger partial charge in [-0.25, -0.2) is 0 Å². The van der Waals surface area contributed by atoms with Crippen LogP contribution in [-0.2, 0) is 22.8 Å². The summed E-state index contributed by atoms with van der Waals surface area (Å²) in [5.41, 5.74) is 0. The van der Waals surface area contributed by atoms with Gasteiger partial charge in [-0.05, 0) is 13.8 Å². The van der Waals surface area contributed by atoms with E-state index < -0.39 is 32.0 Å². The predicted molar refractivity (Wildman–Crippen MR) is 29.9 cm³/mol. The molecule has 0 heterocycles. The molecule has 0 rings (SSSR count). The van der Waals surface area contributed by atoms with Crippen molar-refractivity contribution in [2.45, 2.75) is 26.3 Å². The number of aliphatic hydroxyl groups is 2. The molecule has 7 heteroatoms. The van der Waals surface area contributed by atoms with E-state index in [4.69, 9.17) is 22.4 Å². The van der Waals surface area contributed by atoms with Crippen molar-refractivity contribution in [3.05, 3.63) is 0 Å². The first-order valence-corrected chi connectivity index (χ1v) is 4.15. The van der Waals surface area contributed by atoms with E-state index in [0.29, 0.717) is 5.06 Å². The van der Waals surface area contributed by atoms with Crippen molar-refractivity contribution in [1.82, 2.24) is 5.06 Å². The van der Waals surface area contributed by atoms with Crippen LogP contribution in [0.15, 0.2) is 0 Å². The van der Waals surface area contributed by atoms with E-state index in [1.54, 1.807) is 0 Å². The van der Waals surface area contributed by atoms with Crippen molar-refractivity contribution in [1.29, 1.82) is 0 Å². The van der Waals surface area contributed by atoms with Crippen LogP contribution < -0.4 is 0 Å². The zero-order valence-electron chi connectivity index (χ0n) is 6.30. The second-order valence-corrected chi connectivity index (χ2v) is 2.02.